The Balaban J connectivity index is 2.29. The molecule has 0 aromatic heterocycles. The van der Waals surface area contributed by atoms with Gasteiger partial charge in [-0.3, -0.25) is 4.79 Å². The number of anilines is 1. The number of ether oxygens (including phenoxy) is 1. The molecular weight excluding hydrogens is 329 g/mol. The van der Waals surface area contributed by atoms with Crippen LogP contribution in [0.3, 0.4) is 0 Å². The number of hydrogen-bond donors (Lipinski definition) is 1. The van der Waals surface area contributed by atoms with Gasteiger partial charge in [0, 0.05) is 5.69 Å². The van der Waals surface area contributed by atoms with Crippen LogP contribution in [0.4, 0.5) is 10.1 Å². The van der Waals surface area contributed by atoms with Gasteiger partial charge in [0.15, 0.2) is 5.60 Å². The lowest BCUT2D eigenvalue weighted by atomic mass is 9.92. The molecule has 3 nitrogen and oxygen atoms in total. The molecule has 0 fully saturated rings. The van der Waals surface area contributed by atoms with Crippen LogP contribution in [0.25, 0.3) is 0 Å². The van der Waals surface area contributed by atoms with E-state index in [0.29, 0.717) is 5.75 Å². The van der Waals surface area contributed by atoms with Crippen molar-refractivity contribution in [3.05, 3.63) is 59.4 Å². The number of carbonyl (C=O) groups is 1. The minimum atomic E-state index is -1.10. The maximum absolute atomic E-state index is 13.1. The number of benzene rings is 2. The molecule has 1 amide bonds. The third-order valence-electron chi connectivity index (χ3n) is 4.34. The second kappa shape index (κ2) is 7.90. The van der Waals surface area contributed by atoms with Gasteiger partial charge in [-0.15, -0.1) is 0 Å². The second-order valence-electron chi connectivity index (χ2n) is 7.64. The zero-order valence-electron chi connectivity index (χ0n) is 16.4. The molecule has 0 bridgehead atoms. The van der Waals surface area contributed by atoms with Gasteiger partial charge in [-0.1, -0.05) is 45.9 Å². The van der Waals surface area contributed by atoms with E-state index in [1.807, 2.05) is 18.2 Å². The highest BCUT2D eigenvalue weighted by Gasteiger charge is 2.31. The van der Waals surface area contributed by atoms with Gasteiger partial charge in [0.25, 0.3) is 5.91 Å². The largest absolute Gasteiger partial charge is 0.478 e. The average molecular weight is 357 g/mol. The van der Waals surface area contributed by atoms with E-state index in [1.54, 1.807) is 13.8 Å². The van der Waals surface area contributed by atoms with E-state index in [1.165, 1.54) is 24.3 Å². The van der Waals surface area contributed by atoms with Crippen LogP contribution in [0.2, 0.25) is 0 Å². The van der Waals surface area contributed by atoms with E-state index in [4.69, 9.17) is 4.74 Å². The minimum absolute atomic E-state index is 0.239. The number of nitrogens with one attached hydrogen (secondary N) is 1. The summed E-state index contributed by atoms with van der Waals surface area (Å²) in [5.74, 6) is 0.437. The smallest absolute Gasteiger partial charge is 0.267 e. The first-order valence-electron chi connectivity index (χ1n) is 9.00. The number of rotatable bonds is 6. The molecule has 0 spiro atoms. The number of halogens is 1. The van der Waals surface area contributed by atoms with Gasteiger partial charge in [-0.05, 0) is 61.1 Å². The third kappa shape index (κ3) is 4.63. The van der Waals surface area contributed by atoms with Crippen LogP contribution < -0.4 is 10.1 Å². The van der Waals surface area contributed by atoms with Crippen molar-refractivity contribution in [1.29, 1.82) is 0 Å². The lowest BCUT2D eigenvalue weighted by Crippen LogP contribution is -2.43. The first-order chi connectivity index (χ1) is 12.1. The Kier molecular flexibility index (Phi) is 6.06. The fourth-order valence-corrected chi connectivity index (χ4v) is 2.80. The normalized spacial score (nSPS) is 11.7. The molecule has 0 saturated heterocycles. The summed E-state index contributed by atoms with van der Waals surface area (Å²) < 4.78 is 18.9. The summed E-state index contributed by atoms with van der Waals surface area (Å²) in [6.45, 7) is 11.8. The molecule has 0 aliphatic heterocycles. The number of para-hydroxylation sites is 1. The molecule has 140 valence electrons. The van der Waals surface area contributed by atoms with E-state index in [9.17, 15) is 9.18 Å². The van der Waals surface area contributed by atoms with Crippen molar-refractivity contribution < 1.29 is 13.9 Å². The maximum atomic E-state index is 13.1. The number of carbonyl (C=O) groups excluding carboxylic acids is 1. The molecular formula is C22H28FNO2. The van der Waals surface area contributed by atoms with Crippen LogP contribution in [0, 0.1) is 5.82 Å². The Hall–Kier alpha value is -2.36. The maximum Gasteiger partial charge on any atom is 0.267 e. The van der Waals surface area contributed by atoms with Gasteiger partial charge < -0.3 is 10.1 Å². The Morgan fingerprint density at radius 1 is 0.962 bits per heavy atom. The molecule has 0 radical (unpaired) electrons. The summed E-state index contributed by atoms with van der Waals surface area (Å²) >= 11 is 0. The first kappa shape index (κ1) is 20.0. The lowest BCUT2D eigenvalue weighted by molar-refractivity contribution is -0.128. The summed E-state index contributed by atoms with van der Waals surface area (Å²) in [5.41, 5.74) is 1.96. The third-order valence-corrected chi connectivity index (χ3v) is 4.34. The highest BCUT2D eigenvalue weighted by Crippen LogP contribution is 2.33. The first-order valence-corrected chi connectivity index (χ1v) is 9.00. The predicted octanol–water partition coefficient (Wildman–Crippen LogP) is 5.87. The summed E-state index contributed by atoms with van der Waals surface area (Å²) in [6, 6.07) is 11.8. The van der Waals surface area contributed by atoms with Crippen LogP contribution in [-0.4, -0.2) is 11.5 Å². The zero-order chi connectivity index (χ0) is 19.5. The lowest BCUT2D eigenvalue weighted by Gasteiger charge is -2.28. The van der Waals surface area contributed by atoms with Crippen LogP contribution in [0.5, 0.6) is 5.75 Å². The molecule has 0 aliphatic rings. The fraction of sp³-hybridized carbons (Fsp3) is 0.409. The summed E-state index contributed by atoms with van der Waals surface area (Å²) in [6.07, 6.45) is 0. The van der Waals surface area contributed by atoms with Crippen molar-refractivity contribution in [1.82, 2.24) is 0 Å². The van der Waals surface area contributed by atoms with E-state index in [-0.39, 0.29) is 23.6 Å². The van der Waals surface area contributed by atoms with Crippen molar-refractivity contribution in [2.75, 3.05) is 5.32 Å². The quantitative estimate of drug-likeness (QED) is 0.702. The van der Waals surface area contributed by atoms with Gasteiger partial charge in [0.1, 0.15) is 11.6 Å². The number of amides is 1. The Morgan fingerprint density at radius 2 is 1.46 bits per heavy atom. The molecule has 26 heavy (non-hydrogen) atoms. The highest BCUT2D eigenvalue weighted by atomic mass is 19.1. The topological polar surface area (TPSA) is 38.3 Å². The molecule has 0 heterocycles. The predicted molar refractivity (Wildman–Crippen MR) is 104 cm³/mol. The molecule has 2 rings (SSSR count). The van der Waals surface area contributed by atoms with Crippen molar-refractivity contribution >= 4 is 11.6 Å². The van der Waals surface area contributed by atoms with Gasteiger partial charge >= 0.3 is 0 Å². The Morgan fingerprint density at radius 3 is 1.92 bits per heavy atom. The van der Waals surface area contributed by atoms with E-state index in [0.717, 1.165) is 16.8 Å². The molecule has 0 aliphatic carbocycles. The molecule has 2 aromatic carbocycles. The highest BCUT2D eigenvalue weighted by molar-refractivity contribution is 5.98. The van der Waals surface area contributed by atoms with Crippen LogP contribution in [0.15, 0.2) is 42.5 Å². The molecule has 0 saturated carbocycles. The monoisotopic (exact) mass is 357 g/mol. The Labute approximate surface area is 155 Å². The minimum Gasteiger partial charge on any atom is -0.478 e. The van der Waals surface area contributed by atoms with E-state index < -0.39 is 5.60 Å². The second-order valence-corrected chi connectivity index (χ2v) is 7.64. The standard InChI is InChI=1S/C22H28FNO2/c1-14(2)18-8-7-9-19(15(3)4)20(18)24-21(25)22(5,6)26-17-12-10-16(23)11-13-17/h7-15H,1-6H3,(H,24,25). The van der Waals surface area contributed by atoms with Crippen LogP contribution in [-0.2, 0) is 4.79 Å². The molecule has 0 unspecified atom stereocenters. The Bertz CT molecular complexity index is 738. The van der Waals surface area contributed by atoms with Crippen LogP contribution >= 0.6 is 0 Å². The van der Waals surface area contributed by atoms with Crippen molar-refractivity contribution in [2.45, 2.75) is 59.0 Å². The SMILES string of the molecule is CC(C)c1cccc(C(C)C)c1NC(=O)C(C)(C)Oc1ccc(F)cc1. The van der Waals surface area contributed by atoms with E-state index in [2.05, 4.69) is 33.0 Å². The molecule has 2 aromatic rings. The average Bonchev–Trinajstić information content (AvgIpc) is 2.56. The fourth-order valence-electron chi connectivity index (χ4n) is 2.80. The van der Waals surface area contributed by atoms with Gasteiger partial charge in [0.2, 0.25) is 0 Å². The molecule has 4 heteroatoms. The molecule has 1 N–H and O–H groups in total. The number of hydrogen-bond acceptors (Lipinski definition) is 2. The van der Waals surface area contributed by atoms with Crippen molar-refractivity contribution in [3.63, 3.8) is 0 Å². The van der Waals surface area contributed by atoms with Gasteiger partial charge in [0.05, 0.1) is 0 Å². The van der Waals surface area contributed by atoms with Crippen molar-refractivity contribution in [2.24, 2.45) is 0 Å². The summed E-state index contributed by atoms with van der Waals surface area (Å²) in [7, 11) is 0. The van der Waals surface area contributed by atoms with Gasteiger partial charge in [-0.25, -0.2) is 4.39 Å². The van der Waals surface area contributed by atoms with Crippen molar-refractivity contribution in [3.8, 4) is 5.75 Å². The van der Waals surface area contributed by atoms with E-state index >= 15 is 0 Å². The molecule has 0 atom stereocenters. The van der Waals surface area contributed by atoms with Crippen LogP contribution in [0.1, 0.15) is 64.5 Å². The summed E-state index contributed by atoms with van der Waals surface area (Å²) in [4.78, 5) is 12.9. The summed E-state index contributed by atoms with van der Waals surface area (Å²) in [5, 5.41) is 3.08. The zero-order valence-corrected chi connectivity index (χ0v) is 16.4. The van der Waals surface area contributed by atoms with Gasteiger partial charge in [-0.2, -0.15) is 0 Å².